The fourth-order valence-electron chi connectivity index (χ4n) is 3.15. The van der Waals surface area contributed by atoms with Crippen molar-refractivity contribution < 1.29 is 5.11 Å². The van der Waals surface area contributed by atoms with Gasteiger partial charge in [0.1, 0.15) is 13.1 Å². The highest BCUT2D eigenvalue weighted by molar-refractivity contribution is 5.48. The van der Waals surface area contributed by atoms with Crippen LogP contribution in [-0.2, 0) is 19.4 Å². The lowest BCUT2D eigenvalue weighted by Gasteiger charge is -2.20. The molecule has 6 nitrogen and oxygen atoms in total. The molecule has 0 aliphatic carbocycles. The average Bonchev–Trinajstić information content (AvgIpc) is 2.72. The summed E-state index contributed by atoms with van der Waals surface area (Å²) in [6.45, 7) is 4.27. The summed E-state index contributed by atoms with van der Waals surface area (Å²) < 4.78 is 1.50. The zero-order valence-corrected chi connectivity index (χ0v) is 15.7. The Morgan fingerprint density at radius 3 is 2.22 bits per heavy atom. The monoisotopic (exact) mass is 364 g/mol. The number of aryl methyl sites for hydroxylation is 2. The van der Waals surface area contributed by atoms with E-state index in [-0.39, 0.29) is 12.7 Å². The van der Waals surface area contributed by atoms with Gasteiger partial charge in [0.25, 0.3) is 0 Å². The maximum Gasteiger partial charge on any atom is 0.356 e. The molecule has 2 aromatic carbocycles. The Hall–Kier alpha value is -2.99. The molecule has 0 saturated carbocycles. The number of para-hydroxylation sites is 1. The summed E-state index contributed by atoms with van der Waals surface area (Å²) in [6.07, 6.45) is 3.13. The fraction of sp³-hybridized carbons (Fsp3) is 0.286. The van der Waals surface area contributed by atoms with Crippen LogP contribution in [0.25, 0.3) is 5.69 Å². The van der Waals surface area contributed by atoms with Gasteiger partial charge in [-0.1, -0.05) is 62.4 Å². The average molecular weight is 364 g/mol. The van der Waals surface area contributed by atoms with Crippen LogP contribution in [0.1, 0.15) is 30.5 Å². The van der Waals surface area contributed by atoms with Gasteiger partial charge in [0.05, 0.1) is 5.69 Å². The number of aliphatic hydroxyl groups excluding tert-OH is 1. The first-order valence-corrected chi connectivity index (χ1v) is 9.14. The van der Waals surface area contributed by atoms with Crippen molar-refractivity contribution in [2.45, 2.75) is 33.2 Å². The van der Waals surface area contributed by atoms with E-state index >= 15 is 0 Å². The molecule has 0 spiro atoms. The third-order valence-electron chi connectivity index (χ3n) is 4.57. The molecule has 0 unspecified atom stereocenters. The maximum atomic E-state index is 12.8. The molecule has 3 rings (SSSR count). The van der Waals surface area contributed by atoms with Gasteiger partial charge in [-0.15, -0.1) is 0 Å². The topological polar surface area (TPSA) is 71.2 Å². The van der Waals surface area contributed by atoms with E-state index in [0.29, 0.717) is 6.54 Å². The highest BCUT2D eigenvalue weighted by Gasteiger charge is 2.15. The van der Waals surface area contributed by atoms with Gasteiger partial charge in [-0.05, 0) is 29.5 Å². The van der Waals surface area contributed by atoms with Crippen LogP contribution in [0.3, 0.4) is 0 Å². The van der Waals surface area contributed by atoms with Crippen LogP contribution in [0.2, 0.25) is 0 Å². The zero-order chi connectivity index (χ0) is 19.2. The highest BCUT2D eigenvalue weighted by Crippen LogP contribution is 2.20. The summed E-state index contributed by atoms with van der Waals surface area (Å²) in [6, 6.07) is 15.7. The van der Waals surface area contributed by atoms with E-state index in [1.165, 1.54) is 10.9 Å². The molecular formula is C21H24N4O2. The standard InChI is InChI=1S/C21H24N4O2/c1-3-17-11-8-12-18(4-2)19(17)25-14-22-20(23-21(25)27)24(15-26)13-16-9-6-5-7-10-16/h5-12,14,26H,3-4,13,15H2,1-2H3. The molecule has 0 bridgehead atoms. The van der Waals surface area contributed by atoms with Crippen LogP contribution in [-0.4, -0.2) is 26.4 Å². The van der Waals surface area contributed by atoms with E-state index in [2.05, 4.69) is 23.8 Å². The van der Waals surface area contributed by atoms with Crippen LogP contribution < -0.4 is 10.6 Å². The van der Waals surface area contributed by atoms with Crippen molar-refractivity contribution in [3.8, 4) is 5.69 Å². The van der Waals surface area contributed by atoms with E-state index in [1.54, 1.807) is 4.90 Å². The number of hydrogen-bond acceptors (Lipinski definition) is 5. The predicted octanol–water partition coefficient (Wildman–Crippen LogP) is 2.71. The zero-order valence-electron chi connectivity index (χ0n) is 15.7. The number of rotatable bonds is 7. The Balaban J connectivity index is 1.98. The molecule has 140 valence electrons. The first-order valence-electron chi connectivity index (χ1n) is 9.14. The summed E-state index contributed by atoms with van der Waals surface area (Å²) in [7, 11) is 0. The molecule has 1 heterocycles. The van der Waals surface area contributed by atoms with Crippen molar-refractivity contribution >= 4 is 5.95 Å². The largest absolute Gasteiger partial charge is 0.376 e. The molecule has 0 radical (unpaired) electrons. The number of anilines is 1. The second kappa shape index (κ2) is 8.60. The Labute approximate surface area is 158 Å². The van der Waals surface area contributed by atoms with Crippen molar-refractivity contribution in [2.24, 2.45) is 0 Å². The Kier molecular flexibility index (Phi) is 5.98. The van der Waals surface area contributed by atoms with Crippen LogP contribution in [0.4, 0.5) is 5.95 Å². The minimum atomic E-state index is -0.401. The van der Waals surface area contributed by atoms with Gasteiger partial charge in [0.15, 0.2) is 0 Å². The molecule has 6 heteroatoms. The summed E-state index contributed by atoms with van der Waals surface area (Å²) >= 11 is 0. The minimum absolute atomic E-state index is 0.217. The summed E-state index contributed by atoms with van der Waals surface area (Å²) in [5, 5.41) is 9.72. The van der Waals surface area contributed by atoms with Crippen LogP contribution in [0, 0.1) is 0 Å². The van der Waals surface area contributed by atoms with Gasteiger partial charge in [-0.3, -0.25) is 4.57 Å². The van der Waals surface area contributed by atoms with Gasteiger partial charge in [-0.2, -0.15) is 4.98 Å². The normalized spacial score (nSPS) is 10.8. The van der Waals surface area contributed by atoms with E-state index in [0.717, 1.165) is 35.2 Å². The smallest absolute Gasteiger partial charge is 0.356 e. The number of benzene rings is 2. The molecule has 3 aromatic rings. The van der Waals surface area contributed by atoms with Crippen LogP contribution in [0.5, 0.6) is 0 Å². The quantitative estimate of drug-likeness (QED) is 0.653. The Morgan fingerprint density at radius 2 is 1.67 bits per heavy atom. The lowest BCUT2D eigenvalue weighted by Crippen LogP contribution is -2.31. The minimum Gasteiger partial charge on any atom is -0.376 e. The lowest BCUT2D eigenvalue weighted by molar-refractivity contribution is 0.287. The van der Waals surface area contributed by atoms with E-state index in [9.17, 15) is 9.90 Å². The van der Waals surface area contributed by atoms with Gasteiger partial charge >= 0.3 is 5.69 Å². The summed E-state index contributed by atoms with van der Waals surface area (Å²) in [4.78, 5) is 22.8. The number of aromatic nitrogens is 3. The Morgan fingerprint density at radius 1 is 1.00 bits per heavy atom. The molecule has 0 amide bonds. The molecule has 1 aromatic heterocycles. The van der Waals surface area contributed by atoms with Gasteiger partial charge in [0, 0.05) is 6.54 Å². The van der Waals surface area contributed by atoms with Crippen molar-refractivity contribution in [1.29, 1.82) is 0 Å². The van der Waals surface area contributed by atoms with Gasteiger partial charge in [-0.25, -0.2) is 9.78 Å². The summed E-state index contributed by atoms with van der Waals surface area (Å²) in [5.74, 6) is 0.217. The van der Waals surface area contributed by atoms with Gasteiger partial charge < -0.3 is 10.0 Å². The number of aliphatic hydroxyl groups is 1. The van der Waals surface area contributed by atoms with Crippen molar-refractivity contribution in [3.05, 3.63) is 82.0 Å². The molecule has 0 aliphatic heterocycles. The predicted molar refractivity (Wildman–Crippen MR) is 106 cm³/mol. The van der Waals surface area contributed by atoms with E-state index < -0.39 is 5.69 Å². The molecule has 0 aliphatic rings. The molecule has 0 saturated heterocycles. The highest BCUT2D eigenvalue weighted by atomic mass is 16.3. The third kappa shape index (κ3) is 4.06. The van der Waals surface area contributed by atoms with Crippen molar-refractivity contribution in [2.75, 3.05) is 11.6 Å². The third-order valence-corrected chi connectivity index (χ3v) is 4.57. The molecule has 27 heavy (non-hydrogen) atoms. The second-order valence-electron chi connectivity index (χ2n) is 6.27. The number of nitrogens with zero attached hydrogens (tertiary/aromatic N) is 4. The van der Waals surface area contributed by atoms with E-state index in [4.69, 9.17) is 0 Å². The molecular weight excluding hydrogens is 340 g/mol. The maximum absolute atomic E-state index is 12.8. The SMILES string of the molecule is CCc1cccc(CC)c1-n1cnc(N(CO)Cc2ccccc2)nc1=O. The molecule has 0 fully saturated rings. The number of hydrogen-bond donors (Lipinski definition) is 1. The van der Waals surface area contributed by atoms with Gasteiger partial charge in [0.2, 0.25) is 5.95 Å². The molecule has 1 N–H and O–H groups in total. The Bertz CT molecular complexity index is 932. The van der Waals surface area contributed by atoms with Crippen molar-refractivity contribution in [1.82, 2.24) is 14.5 Å². The summed E-state index contributed by atoms with van der Waals surface area (Å²) in [5.41, 5.74) is 3.62. The van der Waals surface area contributed by atoms with Crippen LogP contribution >= 0.6 is 0 Å². The van der Waals surface area contributed by atoms with Crippen LogP contribution in [0.15, 0.2) is 59.7 Å². The van der Waals surface area contributed by atoms with Crippen molar-refractivity contribution in [3.63, 3.8) is 0 Å². The fourth-order valence-corrected chi connectivity index (χ4v) is 3.15. The lowest BCUT2D eigenvalue weighted by atomic mass is 10.0. The van der Waals surface area contributed by atoms with E-state index in [1.807, 2.05) is 48.5 Å². The second-order valence-corrected chi connectivity index (χ2v) is 6.27. The first kappa shape index (κ1) is 18.8. The first-order chi connectivity index (χ1) is 13.2. The molecule has 0 atom stereocenters.